The molecule has 4 rings (SSSR count). The predicted octanol–water partition coefficient (Wildman–Crippen LogP) is 4.40. The van der Waals surface area contributed by atoms with Crippen LogP contribution < -0.4 is 10.6 Å². The lowest BCUT2D eigenvalue weighted by molar-refractivity contribution is -0.384. The standard InChI is InChI=1S/C23H21N5O5S2/c24-22(27-12-13-34-15-27)16-2-1-3-18(14-16)26-23(29)25-17-4-8-20(9-5-17)35(32,33)21-10-6-19(7-11-21)28(30)31/h1-11,14,24H,12-13,15H2,(H2,25,26,29). The fourth-order valence-corrected chi connectivity index (χ4v) is 5.63. The molecule has 1 aliphatic rings. The lowest BCUT2D eigenvalue weighted by atomic mass is 10.1. The quantitative estimate of drug-likeness (QED) is 0.192. The molecule has 0 bridgehead atoms. The van der Waals surface area contributed by atoms with Gasteiger partial charge in [-0.05, 0) is 48.5 Å². The van der Waals surface area contributed by atoms with Gasteiger partial charge in [0.25, 0.3) is 5.69 Å². The van der Waals surface area contributed by atoms with Crippen molar-refractivity contribution in [2.45, 2.75) is 9.79 Å². The molecule has 0 saturated carbocycles. The number of rotatable bonds is 6. The second-order valence-corrected chi connectivity index (χ2v) is 10.6. The monoisotopic (exact) mass is 511 g/mol. The zero-order valence-electron chi connectivity index (χ0n) is 18.3. The normalized spacial score (nSPS) is 13.3. The fraction of sp³-hybridized carbons (Fsp3) is 0.130. The number of hydrogen-bond donors (Lipinski definition) is 3. The Labute approximate surface area is 205 Å². The van der Waals surface area contributed by atoms with Crippen molar-refractivity contribution >= 4 is 50.5 Å². The average molecular weight is 512 g/mol. The maximum absolute atomic E-state index is 12.8. The maximum atomic E-state index is 12.8. The number of nitro groups is 1. The van der Waals surface area contributed by atoms with E-state index in [4.69, 9.17) is 5.41 Å². The Kier molecular flexibility index (Phi) is 7.03. The number of sulfone groups is 1. The Morgan fingerprint density at radius 2 is 1.60 bits per heavy atom. The number of non-ortho nitro benzene ring substituents is 1. The van der Waals surface area contributed by atoms with Crippen LogP contribution in [0.2, 0.25) is 0 Å². The van der Waals surface area contributed by atoms with Crippen LogP contribution in [0.5, 0.6) is 0 Å². The lowest BCUT2D eigenvalue weighted by Crippen LogP contribution is -2.28. The molecule has 1 fully saturated rings. The van der Waals surface area contributed by atoms with Gasteiger partial charge >= 0.3 is 6.03 Å². The number of anilines is 2. The van der Waals surface area contributed by atoms with Gasteiger partial charge in [0.15, 0.2) is 0 Å². The van der Waals surface area contributed by atoms with E-state index >= 15 is 0 Å². The molecule has 180 valence electrons. The molecule has 0 aromatic heterocycles. The average Bonchev–Trinajstić information content (AvgIpc) is 3.39. The lowest BCUT2D eigenvalue weighted by Gasteiger charge is -2.18. The number of urea groups is 1. The Morgan fingerprint density at radius 1 is 0.971 bits per heavy atom. The van der Waals surface area contributed by atoms with Crippen LogP contribution in [0.4, 0.5) is 21.9 Å². The van der Waals surface area contributed by atoms with Crippen molar-refractivity contribution < 1.29 is 18.1 Å². The number of nitrogens with zero attached hydrogens (tertiary/aromatic N) is 2. The van der Waals surface area contributed by atoms with Crippen LogP contribution in [0.25, 0.3) is 0 Å². The number of amidine groups is 1. The van der Waals surface area contributed by atoms with Crippen LogP contribution in [0.3, 0.4) is 0 Å². The third kappa shape index (κ3) is 5.61. The summed E-state index contributed by atoms with van der Waals surface area (Å²) in [5, 5.41) is 24.5. The molecule has 0 atom stereocenters. The van der Waals surface area contributed by atoms with E-state index in [1.165, 1.54) is 36.4 Å². The number of hydrogen-bond acceptors (Lipinski definition) is 7. The largest absolute Gasteiger partial charge is 0.347 e. The minimum absolute atomic E-state index is 0.0106. The fourth-order valence-electron chi connectivity index (χ4n) is 3.41. The minimum Gasteiger partial charge on any atom is -0.347 e. The summed E-state index contributed by atoms with van der Waals surface area (Å²) in [4.78, 5) is 24.5. The van der Waals surface area contributed by atoms with Gasteiger partial charge in [-0.1, -0.05) is 12.1 Å². The van der Waals surface area contributed by atoms with Gasteiger partial charge in [-0.3, -0.25) is 15.5 Å². The number of thioether (sulfide) groups is 1. The van der Waals surface area contributed by atoms with E-state index in [9.17, 15) is 23.3 Å². The summed E-state index contributed by atoms with van der Waals surface area (Å²) in [7, 11) is -3.87. The number of carbonyl (C=O) groups is 1. The van der Waals surface area contributed by atoms with Crippen molar-refractivity contribution in [1.82, 2.24) is 4.90 Å². The molecular formula is C23H21N5O5S2. The van der Waals surface area contributed by atoms with Crippen molar-refractivity contribution in [1.29, 1.82) is 5.41 Å². The second kappa shape index (κ2) is 10.2. The number of benzene rings is 3. The molecule has 3 aromatic carbocycles. The zero-order valence-corrected chi connectivity index (χ0v) is 19.9. The van der Waals surface area contributed by atoms with E-state index in [-0.39, 0.29) is 15.5 Å². The third-order valence-electron chi connectivity index (χ3n) is 5.24. The van der Waals surface area contributed by atoms with Crippen LogP contribution in [0, 0.1) is 15.5 Å². The van der Waals surface area contributed by atoms with Crippen molar-refractivity contribution in [3.8, 4) is 0 Å². The highest BCUT2D eigenvalue weighted by Gasteiger charge is 2.19. The van der Waals surface area contributed by atoms with E-state index in [0.29, 0.717) is 22.8 Å². The summed E-state index contributed by atoms with van der Waals surface area (Å²) >= 11 is 1.77. The van der Waals surface area contributed by atoms with Crippen molar-refractivity contribution in [2.75, 3.05) is 28.8 Å². The summed E-state index contributed by atoms with van der Waals surface area (Å²) in [6, 6.07) is 16.7. The first-order chi connectivity index (χ1) is 16.7. The molecule has 1 saturated heterocycles. The first kappa shape index (κ1) is 24.2. The number of amides is 2. The van der Waals surface area contributed by atoms with Gasteiger partial charge in [0.2, 0.25) is 9.84 Å². The van der Waals surface area contributed by atoms with Crippen LogP contribution in [-0.2, 0) is 9.84 Å². The Balaban J connectivity index is 1.40. The highest BCUT2D eigenvalue weighted by atomic mass is 32.2. The topological polar surface area (TPSA) is 146 Å². The Morgan fingerprint density at radius 3 is 2.20 bits per heavy atom. The van der Waals surface area contributed by atoms with Gasteiger partial charge in [-0.2, -0.15) is 0 Å². The van der Waals surface area contributed by atoms with E-state index in [0.717, 1.165) is 30.3 Å². The van der Waals surface area contributed by atoms with Crippen LogP contribution >= 0.6 is 11.8 Å². The highest BCUT2D eigenvalue weighted by Crippen LogP contribution is 2.24. The molecule has 1 heterocycles. The SMILES string of the molecule is N=C(c1cccc(NC(=O)Nc2ccc(S(=O)(=O)c3ccc([N+](=O)[O-])cc3)cc2)c1)N1CCSC1. The van der Waals surface area contributed by atoms with Gasteiger partial charge < -0.3 is 15.5 Å². The highest BCUT2D eigenvalue weighted by molar-refractivity contribution is 7.99. The van der Waals surface area contributed by atoms with Crippen LogP contribution in [0.1, 0.15) is 5.56 Å². The molecule has 3 aromatic rings. The zero-order chi connectivity index (χ0) is 25.0. The predicted molar refractivity (Wildman–Crippen MR) is 135 cm³/mol. The van der Waals surface area contributed by atoms with Gasteiger partial charge in [0, 0.05) is 41.4 Å². The van der Waals surface area contributed by atoms with E-state index in [2.05, 4.69) is 10.6 Å². The first-order valence-corrected chi connectivity index (χ1v) is 13.1. The third-order valence-corrected chi connectivity index (χ3v) is 7.99. The van der Waals surface area contributed by atoms with E-state index in [1.54, 1.807) is 30.0 Å². The summed E-state index contributed by atoms with van der Waals surface area (Å²) in [5.41, 5.74) is 1.40. The molecule has 35 heavy (non-hydrogen) atoms. The molecular weight excluding hydrogens is 490 g/mol. The molecule has 0 radical (unpaired) electrons. The molecule has 2 amide bonds. The first-order valence-electron chi connectivity index (χ1n) is 10.4. The number of carbonyl (C=O) groups excluding carboxylic acids is 1. The Hall–Kier alpha value is -3.90. The van der Waals surface area contributed by atoms with E-state index < -0.39 is 20.8 Å². The van der Waals surface area contributed by atoms with Gasteiger partial charge in [-0.25, -0.2) is 13.2 Å². The van der Waals surface area contributed by atoms with Gasteiger partial charge in [0.05, 0.1) is 20.6 Å². The van der Waals surface area contributed by atoms with Crippen LogP contribution in [-0.4, -0.2) is 48.3 Å². The van der Waals surface area contributed by atoms with Crippen LogP contribution in [0.15, 0.2) is 82.6 Å². The maximum Gasteiger partial charge on any atom is 0.323 e. The number of nitro benzene ring substituents is 1. The summed E-state index contributed by atoms with van der Waals surface area (Å²) in [5.74, 6) is 2.16. The van der Waals surface area contributed by atoms with Crippen molar-refractivity contribution in [3.05, 3.63) is 88.5 Å². The summed E-state index contributed by atoms with van der Waals surface area (Å²) in [6.45, 7) is 0.817. The molecule has 0 aliphatic carbocycles. The summed E-state index contributed by atoms with van der Waals surface area (Å²) < 4.78 is 25.6. The van der Waals surface area contributed by atoms with Gasteiger partial charge in [-0.15, -0.1) is 11.8 Å². The molecule has 12 heteroatoms. The molecule has 1 aliphatic heterocycles. The molecule has 0 spiro atoms. The smallest absolute Gasteiger partial charge is 0.323 e. The second-order valence-electron chi connectivity index (χ2n) is 7.59. The number of nitrogens with one attached hydrogen (secondary N) is 3. The van der Waals surface area contributed by atoms with Crippen molar-refractivity contribution in [2.24, 2.45) is 0 Å². The summed E-state index contributed by atoms with van der Waals surface area (Å²) in [6.07, 6.45) is 0. The molecule has 10 nitrogen and oxygen atoms in total. The molecule has 3 N–H and O–H groups in total. The van der Waals surface area contributed by atoms with Crippen molar-refractivity contribution in [3.63, 3.8) is 0 Å². The van der Waals surface area contributed by atoms with Gasteiger partial charge in [0.1, 0.15) is 5.84 Å². The molecule has 0 unspecified atom stereocenters. The Bertz CT molecular complexity index is 1370. The minimum atomic E-state index is -3.87. The van der Waals surface area contributed by atoms with E-state index in [1.807, 2.05) is 11.0 Å².